The maximum Gasteiger partial charge on any atom is 0.277 e. The lowest BCUT2D eigenvalue weighted by molar-refractivity contribution is -0.119. The molecule has 1 aliphatic rings. The maximum absolute atomic E-state index is 13.1. The fourth-order valence-electron chi connectivity index (χ4n) is 4.87. The Bertz CT molecular complexity index is 1610. The molecule has 0 spiro atoms. The van der Waals surface area contributed by atoms with Crippen molar-refractivity contribution in [3.8, 4) is 28.3 Å². The van der Waals surface area contributed by atoms with Crippen molar-refractivity contribution >= 4 is 23.0 Å². The lowest BCUT2D eigenvalue weighted by Gasteiger charge is -2.14. The molecule has 4 aromatic rings. The van der Waals surface area contributed by atoms with Gasteiger partial charge < -0.3 is 20.7 Å². The molecule has 1 saturated heterocycles. The van der Waals surface area contributed by atoms with Crippen LogP contribution in [0.5, 0.6) is 5.88 Å². The van der Waals surface area contributed by atoms with E-state index in [-0.39, 0.29) is 23.6 Å². The lowest BCUT2D eigenvalue weighted by Crippen LogP contribution is -2.35. The molecular formula is C29H34ClN7O3. The van der Waals surface area contributed by atoms with Gasteiger partial charge in [-0.15, -0.1) is 0 Å². The SMILES string of the molecule is COc1nc(-c2cccc(-c3cc4c(=O)n(C)c(CNC(C)C)nn4c3)c2Cl)ccc1CNC[C@@H]1CCC(=O)N1. The number of amides is 1. The molecule has 1 aliphatic heterocycles. The molecule has 5 rings (SSSR count). The first-order valence-corrected chi connectivity index (χ1v) is 13.8. The number of carbonyl (C=O) groups is 1. The van der Waals surface area contributed by atoms with Crippen LogP contribution in [0.1, 0.15) is 38.1 Å². The van der Waals surface area contributed by atoms with Gasteiger partial charge in [-0.2, -0.15) is 5.10 Å². The van der Waals surface area contributed by atoms with Crippen LogP contribution in [-0.4, -0.2) is 50.8 Å². The van der Waals surface area contributed by atoms with Crippen molar-refractivity contribution in [2.45, 2.75) is 51.9 Å². The fourth-order valence-corrected chi connectivity index (χ4v) is 5.20. The third-order valence-electron chi connectivity index (χ3n) is 7.11. The van der Waals surface area contributed by atoms with Gasteiger partial charge in [-0.1, -0.05) is 49.7 Å². The first-order chi connectivity index (χ1) is 19.2. The first kappa shape index (κ1) is 27.8. The minimum atomic E-state index is -0.125. The van der Waals surface area contributed by atoms with Gasteiger partial charge in [0.2, 0.25) is 11.8 Å². The Balaban J connectivity index is 1.41. The van der Waals surface area contributed by atoms with E-state index in [1.165, 1.54) is 0 Å². The van der Waals surface area contributed by atoms with Gasteiger partial charge in [0.15, 0.2) is 0 Å². The quantitative estimate of drug-likeness (QED) is 0.271. The number of nitrogens with zero attached hydrogens (tertiary/aromatic N) is 4. The van der Waals surface area contributed by atoms with Crippen LogP contribution in [0.15, 0.2) is 47.4 Å². The van der Waals surface area contributed by atoms with Crippen LogP contribution in [0.4, 0.5) is 0 Å². The van der Waals surface area contributed by atoms with Crippen LogP contribution in [0.25, 0.3) is 27.9 Å². The van der Waals surface area contributed by atoms with Crippen LogP contribution in [0.2, 0.25) is 5.02 Å². The molecule has 3 N–H and O–H groups in total. The molecule has 11 heteroatoms. The summed E-state index contributed by atoms with van der Waals surface area (Å²) < 4.78 is 8.79. The Hall–Kier alpha value is -3.73. The van der Waals surface area contributed by atoms with Crippen LogP contribution in [0.3, 0.4) is 0 Å². The minimum absolute atomic E-state index is 0.102. The number of pyridine rings is 1. The number of benzene rings is 1. The number of carbonyl (C=O) groups excluding carboxylic acids is 1. The Kier molecular flexibility index (Phi) is 8.20. The van der Waals surface area contributed by atoms with E-state index in [0.29, 0.717) is 54.0 Å². The second-order valence-corrected chi connectivity index (χ2v) is 10.7. The van der Waals surface area contributed by atoms with E-state index in [9.17, 15) is 9.59 Å². The number of fused-ring (bicyclic) bond motifs is 1. The van der Waals surface area contributed by atoms with Gasteiger partial charge in [-0.25, -0.2) is 9.50 Å². The van der Waals surface area contributed by atoms with Crippen LogP contribution < -0.4 is 26.2 Å². The van der Waals surface area contributed by atoms with Gasteiger partial charge >= 0.3 is 0 Å². The summed E-state index contributed by atoms with van der Waals surface area (Å²) in [5.74, 6) is 1.25. The van der Waals surface area contributed by atoms with E-state index < -0.39 is 0 Å². The van der Waals surface area contributed by atoms with Gasteiger partial charge in [0.1, 0.15) is 11.3 Å². The fraction of sp³-hybridized carbons (Fsp3) is 0.379. The number of halogens is 1. The zero-order valence-corrected chi connectivity index (χ0v) is 23.9. The van der Waals surface area contributed by atoms with E-state index >= 15 is 0 Å². The maximum atomic E-state index is 13.1. The highest BCUT2D eigenvalue weighted by Crippen LogP contribution is 2.37. The molecule has 0 bridgehead atoms. The molecule has 3 aromatic heterocycles. The molecule has 1 fully saturated rings. The molecule has 0 saturated carbocycles. The average Bonchev–Trinajstić information content (AvgIpc) is 3.56. The van der Waals surface area contributed by atoms with Gasteiger partial charge in [0.05, 0.1) is 24.4 Å². The van der Waals surface area contributed by atoms with E-state index in [0.717, 1.165) is 28.7 Å². The van der Waals surface area contributed by atoms with Gasteiger partial charge in [-0.3, -0.25) is 14.2 Å². The molecule has 0 radical (unpaired) electrons. The topological polar surface area (TPSA) is 115 Å². The molecule has 0 unspecified atom stereocenters. The van der Waals surface area contributed by atoms with Crippen LogP contribution in [0, 0.1) is 0 Å². The summed E-state index contributed by atoms with van der Waals surface area (Å²) in [5.41, 5.74) is 4.25. The second-order valence-electron chi connectivity index (χ2n) is 10.3. The Labute approximate surface area is 237 Å². The number of methoxy groups -OCH3 is 1. The third kappa shape index (κ3) is 5.74. The Morgan fingerprint density at radius 2 is 1.98 bits per heavy atom. The van der Waals surface area contributed by atoms with E-state index in [1.807, 2.05) is 56.4 Å². The number of rotatable bonds is 10. The molecule has 4 heterocycles. The highest BCUT2D eigenvalue weighted by molar-refractivity contribution is 6.36. The summed E-state index contributed by atoms with van der Waals surface area (Å²) in [6.45, 7) is 5.83. The van der Waals surface area contributed by atoms with E-state index in [4.69, 9.17) is 21.3 Å². The zero-order valence-electron chi connectivity index (χ0n) is 23.1. The van der Waals surface area contributed by atoms with Gasteiger partial charge in [0, 0.05) is 67.1 Å². The van der Waals surface area contributed by atoms with Crippen LogP contribution in [-0.2, 0) is 24.9 Å². The monoisotopic (exact) mass is 563 g/mol. The summed E-state index contributed by atoms with van der Waals surface area (Å²) in [5, 5.41) is 14.8. The molecular weight excluding hydrogens is 530 g/mol. The van der Waals surface area contributed by atoms with E-state index in [2.05, 4.69) is 21.0 Å². The smallest absolute Gasteiger partial charge is 0.277 e. The number of hydrogen-bond donors (Lipinski definition) is 3. The van der Waals surface area contributed by atoms with E-state index in [1.54, 1.807) is 23.2 Å². The number of nitrogens with one attached hydrogen (secondary N) is 3. The van der Waals surface area contributed by atoms with Gasteiger partial charge in [0.25, 0.3) is 5.56 Å². The Morgan fingerprint density at radius 1 is 1.18 bits per heavy atom. The number of aromatic nitrogens is 4. The standard InChI is InChI=1S/C29H34ClN7O3/c1-17(2)32-15-25-35-37-16-19(12-24(37)29(39)36(25)3)21-6-5-7-22(27(21)30)23-10-8-18(28(34-23)40-4)13-31-14-20-9-11-26(38)33-20/h5-8,10,12,16-17,20,31-32H,9,11,13-15H2,1-4H3,(H,33,38)/t20-/m0/s1. The lowest BCUT2D eigenvalue weighted by atomic mass is 10.0. The predicted molar refractivity (Wildman–Crippen MR) is 156 cm³/mol. The summed E-state index contributed by atoms with van der Waals surface area (Å²) >= 11 is 6.95. The normalized spacial score (nSPS) is 15.2. The highest BCUT2D eigenvalue weighted by Gasteiger charge is 2.21. The van der Waals surface area contributed by atoms with Crippen molar-refractivity contribution in [2.24, 2.45) is 7.05 Å². The molecule has 40 heavy (non-hydrogen) atoms. The Morgan fingerprint density at radius 3 is 2.70 bits per heavy atom. The minimum Gasteiger partial charge on any atom is -0.481 e. The second kappa shape index (κ2) is 11.8. The zero-order chi connectivity index (χ0) is 28.4. The molecule has 1 atom stereocenters. The predicted octanol–water partition coefficient (Wildman–Crippen LogP) is 3.29. The van der Waals surface area contributed by atoms with Crippen molar-refractivity contribution in [2.75, 3.05) is 13.7 Å². The largest absolute Gasteiger partial charge is 0.481 e. The summed E-state index contributed by atoms with van der Waals surface area (Å²) in [6.07, 6.45) is 3.25. The molecule has 210 valence electrons. The van der Waals surface area contributed by atoms with Crippen LogP contribution >= 0.6 is 11.6 Å². The summed E-state index contributed by atoms with van der Waals surface area (Å²) in [4.78, 5) is 29.2. The molecule has 0 aliphatic carbocycles. The van der Waals surface area contributed by atoms with Crippen molar-refractivity contribution in [3.05, 3.63) is 69.4 Å². The summed E-state index contributed by atoms with van der Waals surface area (Å²) in [7, 11) is 3.33. The molecule has 1 aromatic carbocycles. The van der Waals surface area contributed by atoms with Crippen molar-refractivity contribution in [1.29, 1.82) is 0 Å². The van der Waals surface area contributed by atoms with Gasteiger partial charge in [-0.05, 0) is 18.6 Å². The highest BCUT2D eigenvalue weighted by atomic mass is 35.5. The average molecular weight is 564 g/mol. The van der Waals surface area contributed by atoms with Crippen molar-refractivity contribution < 1.29 is 9.53 Å². The number of hydrogen-bond acceptors (Lipinski definition) is 7. The number of ether oxygens (including phenoxy) is 1. The summed E-state index contributed by atoms with van der Waals surface area (Å²) in [6, 6.07) is 11.9. The molecule has 1 amide bonds. The third-order valence-corrected chi connectivity index (χ3v) is 7.52. The van der Waals surface area contributed by atoms with Crippen molar-refractivity contribution in [3.63, 3.8) is 0 Å². The first-order valence-electron chi connectivity index (χ1n) is 13.4. The van der Waals surface area contributed by atoms with Crippen molar-refractivity contribution in [1.82, 2.24) is 35.1 Å². The molecule has 10 nitrogen and oxygen atoms in total.